The molecule has 1 aromatic heterocycles. The standard InChI is InChI=1S/C10H20N4O2/c1-4-15-6-5-11-10-14-13-9(16-10)7-12-8(2)3/h8,12H,4-7H2,1-3H3,(H,11,14). The van der Waals surface area contributed by atoms with Crippen LogP contribution in [-0.4, -0.2) is 36.0 Å². The van der Waals surface area contributed by atoms with Crippen LogP contribution in [0.3, 0.4) is 0 Å². The van der Waals surface area contributed by atoms with Gasteiger partial charge in [0.1, 0.15) is 0 Å². The quantitative estimate of drug-likeness (QED) is 0.647. The van der Waals surface area contributed by atoms with Gasteiger partial charge in [-0.3, -0.25) is 0 Å². The number of aromatic nitrogens is 2. The second-order valence-corrected chi connectivity index (χ2v) is 3.66. The van der Waals surface area contributed by atoms with Crippen LogP contribution in [0, 0.1) is 0 Å². The van der Waals surface area contributed by atoms with Crippen molar-refractivity contribution in [2.24, 2.45) is 0 Å². The second kappa shape index (κ2) is 7.19. The molecule has 0 aliphatic rings. The van der Waals surface area contributed by atoms with Crippen molar-refractivity contribution >= 4 is 6.01 Å². The molecule has 16 heavy (non-hydrogen) atoms. The van der Waals surface area contributed by atoms with E-state index in [2.05, 4.69) is 34.7 Å². The summed E-state index contributed by atoms with van der Waals surface area (Å²) in [6.45, 7) is 8.72. The highest BCUT2D eigenvalue weighted by atomic mass is 16.5. The third kappa shape index (κ3) is 5.09. The zero-order valence-electron chi connectivity index (χ0n) is 10.1. The molecule has 0 saturated carbocycles. The molecule has 0 aliphatic heterocycles. The molecule has 0 radical (unpaired) electrons. The number of rotatable bonds is 8. The van der Waals surface area contributed by atoms with E-state index in [0.717, 1.165) is 6.61 Å². The first-order chi connectivity index (χ1) is 7.72. The fourth-order valence-corrected chi connectivity index (χ4v) is 1.06. The Morgan fingerprint density at radius 2 is 2.19 bits per heavy atom. The van der Waals surface area contributed by atoms with Gasteiger partial charge in [-0.15, -0.1) is 5.10 Å². The van der Waals surface area contributed by atoms with E-state index >= 15 is 0 Å². The normalized spacial score (nSPS) is 11.0. The van der Waals surface area contributed by atoms with E-state index in [1.54, 1.807) is 0 Å². The highest BCUT2D eigenvalue weighted by molar-refractivity contribution is 5.16. The number of ether oxygens (including phenoxy) is 1. The summed E-state index contributed by atoms with van der Waals surface area (Å²) >= 11 is 0. The Morgan fingerprint density at radius 3 is 2.88 bits per heavy atom. The molecule has 6 heteroatoms. The van der Waals surface area contributed by atoms with Crippen LogP contribution >= 0.6 is 0 Å². The van der Waals surface area contributed by atoms with Crippen molar-refractivity contribution in [2.75, 3.05) is 25.1 Å². The van der Waals surface area contributed by atoms with Crippen LogP contribution < -0.4 is 10.6 Å². The predicted molar refractivity (Wildman–Crippen MR) is 61.3 cm³/mol. The fourth-order valence-electron chi connectivity index (χ4n) is 1.06. The summed E-state index contributed by atoms with van der Waals surface area (Å²) < 4.78 is 10.5. The molecule has 0 atom stereocenters. The van der Waals surface area contributed by atoms with Gasteiger partial charge in [0.2, 0.25) is 5.89 Å². The maximum atomic E-state index is 5.36. The Morgan fingerprint density at radius 1 is 1.38 bits per heavy atom. The molecule has 1 rings (SSSR count). The summed E-state index contributed by atoms with van der Waals surface area (Å²) in [4.78, 5) is 0. The minimum Gasteiger partial charge on any atom is -0.407 e. The molecule has 0 fully saturated rings. The van der Waals surface area contributed by atoms with Gasteiger partial charge in [0.15, 0.2) is 0 Å². The summed E-state index contributed by atoms with van der Waals surface area (Å²) in [5.74, 6) is 0.590. The van der Waals surface area contributed by atoms with E-state index in [0.29, 0.717) is 37.6 Å². The van der Waals surface area contributed by atoms with Gasteiger partial charge in [0, 0.05) is 19.2 Å². The Balaban J connectivity index is 2.22. The average Bonchev–Trinajstić information content (AvgIpc) is 2.70. The lowest BCUT2D eigenvalue weighted by Gasteiger charge is -2.03. The number of nitrogens with zero attached hydrogens (tertiary/aromatic N) is 2. The molecule has 0 amide bonds. The lowest BCUT2D eigenvalue weighted by atomic mass is 10.4. The molecule has 1 aromatic rings. The molecule has 0 aromatic carbocycles. The summed E-state index contributed by atoms with van der Waals surface area (Å²) in [5.41, 5.74) is 0. The zero-order chi connectivity index (χ0) is 11.8. The van der Waals surface area contributed by atoms with Crippen LogP contribution in [0.5, 0.6) is 0 Å². The van der Waals surface area contributed by atoms with E-state index in [9.17, 15) is 0 Å². The topological polar surface area (TPSA) is 72.2 Å². The zero-order valence-corrected chi connectivity index (χ0v) is 10.1. The van der Waals surface area contributed by atoms with Crippen molar-refractivity contribution in [1.29, 1.82) is 0 Å². The van der Waals surface area contributed by atoms with Gasteiger partial charge < -0.3 is 19.8 Å². The van der Waals surface area contributed by atoms with Crippen molar-refractivity contribution < 1.29 is 9.15 Å². The molecule has 2 N–H and O–H groups in total. The molecule has 1 heterocycles. The van der Waals surface area contributed by atoms with Gasteiger partial charge in [0.05, 0.1) is 13.2 Å². The molecule has 0 saturated heterocycles. The number of hydrogen-bond donors (Lipinski definition) is 2. The molecule has 0 bridgehead atoms. The first kappa shape index (κ1) is 12.9. The maximum absolute atomic E-state index is 5.36. The summed E-state index contributed by atoms with van der Waals surface area (Å²) in [7, 11) is 0. The predicted octanol–water partition coefficient (Wildman–Crippen LogP) is 1.02. The van der Waals surface area contributed by atoms with Gasteiger partial charge in [0.25, 0.3) is 0 Å². The fraction of sp³-hybridized carbons (Fsp3) is 0.800. The van der Waals surface area contributed by atoms with Crippen molar-refractivity contribution in [3.05, 3.63) is 5.89 Å². The maximum Gasteiger partial charge on any atom is 0.315 e. The van der Waals surface area contributed by atoms with Gasteiger partial charge in [-0.05, 0) is 6.92 Å². The van der Waals surface area contributed by atoms with Crippen LogP contribution in [-0.2, 0) is 11.3 Å². The number of nitrogens with one attached hydrogen (secondary N) is 2. The third-order valence-electron chi connectivity index (χ3n) is 1.86. The Hall–Kier alpha value is -1.14. The highest BCUT2D eigenvalue weighted by Crippen LogP contribution is 2.04. The molecule has 0 unspecified atom stereocenters. The lowest BCUT2D eigenvalue weighted by molar-refractivity contribution is 0.157. The SMILES string of the molecule is CCOCCNc1nnc(CNC(C)C)o1. The van der Waals surface area contributed by atoms with Gasteiger partial charge in [-0.25, -0.2) is 0 Å². The summed E-state index contributed by atoms with van der Waals surface area (Å²) in [6, 6.07) is 0.849. The first-order valence-corrected chi connectivity index (χ1v) is 5.59. The minimum absolute atomic E-state index is 0.404. The van der Waals surface area contributed by atoms with Gasteiger partial charge in [-0.1, -0.05) is 18.9 Å². The van der Waals surface area contributed by atoms with E-state index in [1.807, 2.05) is 6.92 Å². The Kier molecular flexibility index (Phi) is 5.81. The highest BCUT2D eigenvalue weighted by Gasteiger charge is 2.05. The first-order valence-electron chi connectivity index (χ1n) is 5.59. The lowest BCUT2D eigenvalue weighted by Crippen LogP contribution is -2.21. The van der Waals surface area contributed by atoms with Crippen molar-refractivity contribution in [1.82, 2.24) is 15.5 Å². The molecule has 92 valence electrons. The van der Waals surface area contributed by atoms with E-state index < -0.39 is 0 Å². The summed E-state index contributed by atoms with van der Waals surface area (Å²) in [5, 5.41) is 14.0. The van der Waals surface area contributed by atoms with Crippen molar-refractivity contribution in [3.8, 4) is 0 Å². The van der Waals surface area contributed by atoms with Crippen LogP contribution in [0.4, 0.5) is 6.01 Å². The van der Waals surface area contributed by atoms with E-state index in [-0.39, 0.29) is 0 Å². The monoisotopic (exact) mass is 228 g/mol. The van der Waals surface area contributed by atoms with Crippen LogP contribution in [0.1, 0.15) is 26.7 Å². The minimum atomic E-state index is 0.404. The second-order valence-electron chi connectivity index (χ2n) is 3.66. The molecular formula is C10H20N4O2. The largest absolute Gasteiger partial charge is 0.407 e. The Bertz CT molecular complexity index is 288. The smallest absolute Gasteiger partial charge is 0.315 e. The van der Waals surface area contributed by atoms with Crippen molar-refractivity contribution in [3.63, 3.8) is 0 Å². The van der Waals surface area contributed by atoms with Gasteiger partial charge >= 0.3 is 6.01 Å². The molecule has 0 spiro atoms. The van der Waals surface area contributed by atoms with Gasteiger partial charge in [-0.2, -0.15) is 0 Å². The van der Waals surface area contributed by atoms with Crippen LogP contribution in [0.2, 0.25) is 0 Å². The summed E-state index contributed by atoms with van der Waals surface area (Å²) in [6.07, 6.45) is 0. The number of hydrogen-bond acceptors (Lipinski definition) is 6. The van der Waals surface area contributed by atoms with E-state index in [4.69, 9.17) is 9.15 Å². The third-order valence-corrected chi connectivity index (χ3v) is 1.86. The number of anilines is 1. The van der Waals surface area contributed by atoms with Crippen LogP contribution in [0.25, 0.3) is 0 Å². The van der Waals surface area contributed by atoms with Crippen molar-refractivity contribution in [2.45, 2.75) is 33.4 Å². The van der Waals surface area contributed by atoms with E-state index in [1.165, 1.54) is 0 Å². The molecule has 6 nitrogen and oxygen atoms in total. The van der Waals surface area contributed by atoms with Crippen LogP contribution in [0.15, 0.2) is 4.42 Å². The molecular weight excluding hydrogens is 208 g/mol. The average molecular weight is 228 g/mol. The Labute approximate surface area is 95.8 Å². The molecule has 0 aliphatic carbocycles.